The molecule has 2 N–H and O–H groups in total. The second kappa shape index (κ2) is 9.71. The van der Waals surface area contributed by atoms with Crippen molar-refractivity contribution in [1.29, 1.82) is 0 Å². The number of nitrogens with two attached hydrogens (primary N) is 1. The summed E-state index contributed by atoms with van der Waals surface area (Å²) in [5.74, 6) is 0.211. The van der Waals surface area contributed by atoms with Crippen LogP contribution in [0, 0.1) is 12.3 Å². The molecule has 0 saturated heterocycles. The van der Waals surface area contributed by atoms with Crippen LogP contribution in [0.1, 0.15) is 48.4 Å². The number of nitrogens with zero attached hydrogens (tertiary/aromatic N) is 2. The zero-order valence-corrected chi connectivity index (χ0v) is 15.8. The maximum absolute atomic E-state index is 12.4. The summed E-state index contributed by atoms with van der Waals surface area (Å²) < 4.78 is 0. The Bertz CT molecular complexity index is 461. The SMILES string of the molecule is Cc1ncc(CN(C)C(=O)CC2(CN)CCCCC2)s1.Cl.Cl. The number of halogens is 2. The zero-order chi connectivity index (χ0) is 14.6. The highest BCUT2D eigenvalue weighted by molar-refractivity contribution is 7.11. The number of hydrogen-bond donors (Lipinski definition) is 1. The van der Waals surface area contributed by atoms with Gasteiger partial charge in [0.05, 0.1) is 11.6 Å². The first-order valence-corrected chi connectivity index (χ1v) is 8.22. The second-order valence-electron chi connectivity index (χ2n) is 6.04. The summed E-state index contributed by atoms with van der Waals surface area (Å²) in [7, 11) is 1.88. The molecule has 1 heterocycles. The summed E-state index contributed by atoms with van der Waals surface area (Å²) in [6.07, 6.45) is 8.36. The molecular weight excluding hydrogens is 341 g/mol. The Balaban J connectivity index is 0.00000220. The van der Waals surface area contributed by atoms with E-state index in [4.69, 9.17) is 5.73 Å². The number of hydrogen-bond acceptors (Lipinski definition) is 4. The molecule has 1 aliphatic carbocycles. The molecule has 0 aromatic carbocycles. The third-order valence-corrected chi connectivity index (χ3v) is 5.26. The molecule has 2 rings (SSSR count). The van der Waals surface area contributed by atoms with Gasteiger partial charge in [0.1, 0.15) is 0 Å². The van der Waals surface area contributed by atoms with E-state index < -0.39 is 0 Å². The summed E-state index contributed by atoms with van der Waals surface area (Å²) in [4.78, 5) is 19.6. The lowest BCUT2D eigenvalue weighted by Crippen LogP contribution is -2.39. The summed E-state index contributed by atoms with van der Waals surface area (Å²) >= 11 is 1.65. The molecule has 1 aromatic rings. The average Bonchev–Trinajstić information content (AvgIpc) is 2.85. The standard InChI is InChI=1S/C15H25N3OS.2ClH/c1-12-17-9-13(20-12)10-18(2)14(19)8-15(11-16)6-4-3-5-7-15;;/h9H,3-8,10-11,16H2,1-2H3;2*1H. The lowest BCUT2D eigenvalue weighted by Gasteiger charge is -2.36. The molecule has 1 aromatic heterocycles. The van der Waals surface area contributed by atoms with Crippen LogP contribution in [0.25, 0.3) is 0 Å². The number of carbonyl (C=O) groups excluding carboxylic acids is 1. The van der Waals surface area contributed by atoms with Crippen molar-refractivity contribution in [2.75, 3.05) is 13.6 Å². The van der Waals surface area contributed by atoms with Crippen LogP contribution in [0.2, 0.25) is 0 Å². The Morgan fingerprint density at radius 2 is 2.00 bits per heavy atom. The average molecular weight is 368 g/mol. The first-order valence-electron chi connectivity index (χ1n) is 7.40. The van der Waals surface area contributed by atoms with Crippen molar-refractivity contribution in [1.82, 2.24) is 9.88 Å². The molecule has 4 nitrogen and oxygen atoms in total. The van der Waals surface area contributed by atoms with Crippen molar-refractivity contribution in [2.45, 2.75) is 52.0 Å². The van der Waals surface area contributed by atoms with E-state index in [-0.39, 0.29) is 36.1 Å². The Labute approximate surface area is 149 Å². The van der Waals surface area contributed by atoms with Crippen molar-refractivity contribution < 1.29 is 4.79 Å². The fourth-order valence-corrected chi connectivity index (χ4v) is 3.86. The van der Waals surface area contributed by atoms with Crippen LogP contribution in [0.4, 0.5) is 0 Å². The molecule has 1 aliphatic rings. The molecule has 22 heavy (non-hydrogen) atoms. The van der Waals surface area contributed by atoms with E-state index in [9.17, 15) is 4.79 Å². The first-order chi connectivity index (χ1) is 9.54. The summed E-state index contributed by atoms with van der Waals surface area (Å²) in [6.45, 7) is 3.28. The molecule has 0 aliphatic heterocycles. The summed E-state index contributed by atoms with van der Waals surface area (Å²) in [5, 5.41) is 1.05. The van der Waals surface area contributed by atoms with Crippen molar-refractivity contribution in [3.05, 3.63) is 16.1 Å². The minimum Gasteiger partial charge on any atom is -0.341 e. The molecule has 0 radical (unpaired) electrons. The molecule has 0 atom stereocenters. The van der Waals surface area contributed by atoms with E-state index in [1.54, 1.807) is 11.3 Å². The normalized spacial score (nSPS) is 16.3. The number of aryl methyl sites for hydroxylation is 1. The summed E-state index contributed by atoms with van der Waals surface area (Å²) in [5.41, 5.74) is 6.01. The quantitative estimate of drug-likeness (QED) is 0.865. The molecule has 1 saturated carbocycles. The molecular formula is C15H27Cl2N3OS. The van der Waals surface area contributed by atoms with Crippen LogP contribution >= 0.6 is 36.2 Å². The monoisotopic (exact) mass is 367 g/mol. The van der Waals surface area contributed by atoms with Gasteiger partial charge in [0, 0.05) is 24.5 Å². The third kappa shape index (κ3) is 5.69. The minimum atomic E-state index is 0. The van der Waals surface area contributed by atoms with Gasteiger partial charge in [0.15, 0.2) is 0 Å². The van der Waals surface area contributed by atoms with Crippen LogP contribution in [0.5, 0.6) is 0 Å². The van der Waals surface area contributed by atoms with E-state index in [1.807, 2.05) is 25.1 Å². The molecule has 0 spiro atoms. The Hall–Kier alpha value is -0.360. The largest absolute Gasteiger partial charge is 0.341 e. The van der Waals surface area contributed by atoms with Crippen LogP contribution in [-0.4, -0.2) is 29.4 Å². The fourth-order valence-electron chi connectivity index (χ4n) is 3.01. The highest BCUT2D eigenvalue weighted by Gasteiger charge is 2.33. The van der Waals surface area contributed by atoms with E-state index in [0.717, 1.165) is 22.7 Å². The van der Waals surface area contributed by atoms with E-state index in [0.29, 0.717) is 19.5 Å². The molecule has 7 heteroatoms. The summed E-state index contributed by atoms with van der Waals surface area (Å²) in [6, 6.07) is 0. The van der Waals surface area contributed by atoms with Gasteiger partial charge in [-0.1, -0.05) is 19.3 Å². The van der Waals surface area contributed by atoms with Crippen LogP contribution in [0.3, 0.4) is 0 Å². The van der Waals surface area contributed by atoms with E-state index >= 15 is 0 Å². The number of aromatic nitrogens is 1. The number of carbonyl (C=O) groups is 1. The van der Waals surface area contributed by atoms with Gasteiger partial charge >= 0.3 is 0 Å². The van der Waals surface area contributed by atoms with Gasteiger partial charge in [0.25, 0.3) is 0 Å². The van der Waals surface area contributed by atoms with Gasteiger partial charge in [-0.05, 0) is 31.7 Å². The molecule has 0 bridgehead atoms. The van der Waals surface area contributed by atoms with Crippen LogP contribution in [-0.2, 0) is 11.3 Å². The zero-order valence-electron chi connectivity index (χ0n) is 13.3. The van der Waals surface area contributed by atoms with Gasteiger partial charge < -0.3 is 10.6 Å². The van der Waals surface area contributed by atoms with E-state index in [2.05, 4.69) is 4.98 Å². The van der Waals surface area contributed by atoms with Crippen LogP contribution in [0.15, 0.2) is 6.20 Å². The minimum absolute atomic E-state index is 0. The molecule has 1 amide bonds. The Kier molecular flexibility index (Phi) is 9.55. The smallest absolute Gasteiger partial charge is 0.223 e. The highest BCUT2D eigenvalue weighted by atomic mass is 35.5. The Morgan fingerprint density at radius 3 is 2.50 bits per heavy atom. The topological polar surface area (TPSA) is 59.2 Å². The predicted octanol–water partition coefficient (Wildman–Crippen LogP) is 3.55. The number of amides is 1. The third-order valence-electron chi connectivity index (χ3n) is 4.36. The van der Waals surface area contributed by atoms with Crippen molar-refractivity contribution in [2.24, 2.45) is 11.1 Å². The second-order valence-corrected chi connectivity index (χ2v) is 7.36. The van der Waals surface area contributed by atoms with Crippen LogP contribution < -0.4 is 5.73 Å². The number of rotatable bonds is 5. The predicted molar refractivity (Wildman–Crippen MR) is 97.0 cm³/mol. The fraction of sp³-hybridized carbons (Fsp3) is 0.733. The lowest BCUT2D eigenvalue weighted by molar-refractivity contribution is -0.133. The van der Waals surface area contributed by atoms with Gasteiger partial charge in [-0.3, -0.25) is 4.79 Å². The Morgan fingerprint density at radius 1 is 1.36 bits per heavy atom. The molecule has 1 fully saturated rings. The maximum Gasteiger partial charge on any atom is 0.223 e. The lowest BCUT2D eigenvalue weighted by atomic mass is 9.71. The van der Waals surface area contributed by atoms with Gasteiger partial charge in [-0.15, -0.1) is 36.2 Å². The van der Waals surface area contributed by atoms with Crippen molar-refractivity contribution in [3.63, 3.8) is 0 Å². The first kappa shape index (κ1) is 21.6. The molecule has 0 unspecified atom stereocenters. The highest BCUT2D eigenvalue weighted by Crippen LogP contribution is 2.38. The van der Waals surface area contributed by atoms with Crippen molar-refractivity contribution in [3.8, 4) is 0 Å². The van der Waals surface area contributed by atoms with Gasteiger partial charge in [0.2, 0.25) is 5.91 Å². The van der Waals surface area contributed by atoms with Gasteiger partial charge in [-0.2, -0.15) is 0 Å². The van der Waals surface area contributed by atoms with E-state index in [1.165, 1.54) is 19.3 Å². The van der Waals surface area contributed by atoms with Gasteiger partial charge in [-0.25, -0.2) is 4.98 Å². The maximum atomic E-state index is 12.4. The molecule has 128 valence electrons. The number of thiazole rings is 1. The van der Waals surface area contributed by atoms with Crippen molar-refractivity contribution >= 4 is 42.1 Å².